The first-order chi connectivity index (χ1) is 9.40. The average Bonchev–Trinajstić information content (AvgIpc) is 2.71. The summed E-state index contributed by atoms with van der Waals surface area (Å²) in [5.74, 6) is -0.935. The van der Waals surface area contributed by atoms with Crippen molar-refractivity contribution in [2.24, 2.45) is 0 Å². The van der Waals surface area contributed by atoms with Gasteiger partial charge in [-0.2, -0.15) is 0 Å². The van der Waals surface area contributed by atoms with E-state index in [1.54, 1.807) is 23.5 Å². The summed E-state index contributed by atoms with van der Waals surface area (Å²) >= 11 is 4.78. The number of amides is 1. The number of rotatable bonds is 3. The molecule has 0 spiro atoms. The molecule has 106 valence electrons. The number of carbonyl (C=O) groups is 1. The lowest BCUT2D eigenvalue weighted by Gasteiger charge is -2.14. The van der Waals surface area contributed by atoms with Crippen molar-refractivity contribution in [1.82, 2.24) is 5.32 Å². The van der Waals surface area contributed by atoms with Crippen LogP contribution in [0.5, 0.6) is 0 Å². The van der Waals surface area contributed by atoms with Crippen LogP contribution in [0.2, 0.25) is 0 Å². The second kappa shape index (κ2) is 6.06. The topological polar surface area (TPSA) is 29.1 Å². The Labute approximate surface area is 130 Å². The second-order valence-electron chi connectivity index (χ2n) is 4.67. The molecule has 0 aliphatic carbocycles. The monoisotopic (exact) mass is 355 g/mol. The van der Waals surface area contributed by atoms with Gasteiger partial charge in [0, 0.05) is 9.75 Å². The fourth-order valence-corrected chi connectivity index (χ4v) is 3.50. The predicted octanol–water partition coefficient (Wildman–Crippen LogP) is 4.76. The molecule has 0 aliphatic heterocycles. The molecule has 2 rings (SSSR count). The summed E-state index contributed by atoms with van der Waals surface area (Å²) in [6, 6.07) is 6.61. The van der Waals surface area contributed by atoms with Gasteiger partial charge in [-0.25, -0.2) is 4.39 Å². The molecule has 2 nitrogen and oxygen atoms in total. The molecule has 0 fully saturated rings. The van der Waals surface area contributed by atoms with E-state index in [1.165, 1.54) is 15.8 Å². The molecule has 2 aromatic rings. The molecule has 0 saturated carbocycles. The van der Waals surface area contributed by atoms with Crippen molar-refractivity contribution < 1.29 is 9.18 Å². The molecular weight excluding hydrogens is 341 g/mol. The molecule has 0 saturated heterocycles. The Morgan fingerprint density at radius 3 is 2.70 bits per heavy atom. The highest BCUT2D eigenvalue weighted by atomic mass is 79.9. The number of nitrogens with one attached hydrogen (secondary N) is 1. The zero-order valence-corrected chi connectivity index (χ0v) is 13.9. The first-order valence-electron chi connectivity index (χ1n) is 6.22. The van der Waals surface area contributed by atoms with E-state index in [9.17, 15) is 9.18 Å². The van der Waals surface area contributed by atoms with Gasteiger partial charge in [0.25, 0.3) is 5.91 Å². The van der Waals surface area contributed by atoms with Crippen LogP contribution in [0.4, 0.5) is 4.39 Å². The van der Waals surface area contributed by atoms with Crippen LogP contribution in [0, 0.1) is 19.7 Å². The van der Waals surface area contributed by atoms with Gasteiger partial charge in [-0.1, -0.05) is 6.07 Å². The Hall–Kier alpha value is -1.20. The number of aryl methyl sites for hydroxylation is 2. The molecule has 0 radical (unpaired) electrons. The Morgan fingerprint density at radius 2 is 2.10 bits per heavy atom. The Kier molecular flexibility index (Phi) is 4.60. The van der Waals surface area contributed by atoms with Crippen molar-refractivity contribution in [1.29, 1.82) is 0 Å². The maximum atomic E-state index is 13.9. The van der Waals surface area contributed by atoms with Gasteiger partial charge in [0.05, 0.1) is 16.1 Å². The summed E-state index contributed by atoms with van der Waals surface area (Å²) in [5, 5.41) is 2.84. The molecular formula is C15H15BrFNOS. The summed E-state index contributed by atoms with van der Waals surface area (Å²) in [5.41, 5.74) is 1.13. The van der Waals surface area contributed by atoms with E-state index >= 15 is 0 Å². The summed E-state index contributed by atoms with van der Waals surface area (Å²) in [4.78, 5) is 14.5. The molecule has 5 heteroatoms. The Balaban J connectivity index is 2.19. The molecule has 0 aliphatic rings. The minimum absolute atomic E-state index is 0.0517. The Bertz CT molecular complexity index is 653. The van der Waals surface area contributed by atoms with Crippen LogP contribution in [-0.2, 0) is 0 Å². The first-order valence-corrected chi connectivity index (χ1v) is 7.83. The summed E-state index contributed by atoms with van der Waals surface area (Å²) < 4.78 is 14.2. The molecule has 1 aromatic carbocycles. The van der Waals surface area contributed by atoms with Gasteiger partial charge in [-0.05, 0) is 60.5 Å². The fourth-order valence-electron chi connectivity index (χ4n) is 2.11. The van der Waals surface area contributed by atoms with Crippen molar-refractivity contribution in [3.63, 3.8) is 0 Å². The summed E-state index contributed by atoms with van der Waals surface area (Å²) in [7, 11) is 0. The number of hydrogen-bond donors (Lipinski definition) is 1. The van der Waals surface area contributed by atoms with E-state index < -0.39 is 11.7 Å². The minimum atomic E-state index is -0.532. The largest absolute Gasteiger partial charge is 0.345 e. The van der Waals surface area contributed by atoms with Gasteiger partial charge in [0.1, 0.15) is 5.82 Å². The molecule has 1 aromatic heterocycles. The first kappa shape index (κ1) is 15.2. The van der Waals surface area contributed by atoms with Gasteiger partial charge in [-0.3, -0.25) is 4.79 Å². The van der Waals surface area contributed by atoms with Crippen molar-refractivity contribution >= 4 is 33.2 Å². The van der Waals surface area contributed by atoms with Gasteiger partial charge in [0.2, 0.25) is 0 Å². The molecule has 20 heavy (non-hydrogen) atoms. The molecule has 1 unspecified atom stereocenters. The highest BCUT2D eigenvalue weighted by Crippen LogP contribution is 2.26. The molecule has 1 N–H and O–H groups in total. The Morgan fingerprint density at radius 1 is 1.40 bits per heavy atom. The van der Waals surface area contributed by atoms with Crippen LogP contribution >= 0.6 is 27.3 Å². The van der Waals surface area contributed by atoms with E-state index in [0.29, 0.717) is 4.47 Å². The van der Waals surface area contributed by atoms with E-state index in [2.05, 4.69) is 27.3 Å². The predicted molar refractivity (Wildman–Crippen MR) is 83.8 cm³/mol. The third kappa shape index (κ3) is 3.10. The van der Waals surface area contributed by atoms with Gasteiger partial charge in [0.15, 0.2) is 0 Å². The molecule has 1 amide bonds. The number of carbonyl (C=O) groups excluding carboxylic acids is 1. The highest BCUT2D eigenvalue weighted by Gasteiger charge is 2.18. The van der Waals surface area contributed by atoms with E-state index in [-0.39, 0.29) is 11.6 Å². The maximum absolute atomic E-state index is 13.9. The molecule has 1 heterocycles. The van der Waals surface area contributed by atoms with Crippen LogP contribution < -0.4 is 5.32 Å². The molecule has 0 bridgehead atoms. The van der Waals surface area contributed by atoms with Crippen LogP contribution in [0.25, 0.3) is 0 Å². The van der Waals surface area contributed by atoms with Crippen LogP contribution in [0.3, 0.4) is 0 Å². The fraction of sp³-hybridized carbons (Fsp3) is 0.267. The zero-order valence-electron chi connectivity index (χ0n) is 11.5. The zero-order chi connectivity index (χ0) is 14.9. The normalized spacial score (nSPS) is 12.2. The van der Waals surface area contributed by atoms with Crippen molar-refractivity contribution in [3.05, 3.63) is 55.4 Å². The van der Waals surface area contributed by atoms with E-state index in [0.717, 1.165) is 5.56 Å². The highest BCUT2D eigenvalue weighted by molar-refractivity contribution is 9.10. The lowest BCUT2D eigenvalue weighted by Crippen LogP contribution is -2.27. The van der Waals surface area contributed by atoms with Gasteiger partial charge < -0.3 is 5.32 Å². The number of halogens is 2. The number of hydrogen-bond acceptors (Lipinski definition) is 2. The number of thiophene rings is 1. The maximum Gasteiger partial charge on any atom is 0.254 e. The van der Waals surface area contributed by atoms with Gasteiger partial charge in [-0.15, -0.1) is 11.3 Å². The van der Waals surface area contributed by atoms with E-state index in [1.807, 2.05) is 20.8 Å². The standard InChI is InChI=1S/C15H15BrFNOS/c1-8-7-12(10(3)20-8)9(2)18-15(19)11-5-4-6-13(16)14(11)17/h4-7,9H,1-3H3,(H,18,19). The third-order valence-electron chi connectivity index (χ3n) is 3.09. The summed E-state index contributed by atoms with van der Waals surface area (Å²) in [6.07, 6.45) is 0. The van der Waals surface area contributed by atoms with Crippen LogP contribution in [0.1, 0.15) is 38.6 Å². The lowest BCUT2D eigenvalue weighted by atomic mass is 10.1. The quantitative estimate of drug-likeness (QED) is 0.844. The van der Waals surface area contributed by atoms with Crippen molar-refractivity contribution in [2.45, 2.75) is 26.8 Å². The lowest BCUT2D eigenvalue weighted by molar-refractivity contribution is 0.0935. The minimum Gasteiger partial charge on any atom is -0.345 e. The number of benzene rings is 1. The SMILES string of the molecule is Cc1cc(C(C)NC(=O)c2cccc(Br)c2F)c(C)s1. The second-order valence-corrected chi connectivity index (χ2v) is 6.98. The van der Waals surface area contributed by atoms with Crippen LogP contribution in [-0.4, -0.2) is 5.91 Å². The van der Waals surface area contributed by atoms with Gasteiger partial charge >= 0.3 is 0 Å². The van der Waals surface area contributed by atoms with E-state index in [4.69, 9.17) is 0 Å². The van der Waals surface area contributed by atoms with Crippen molar-refractivity contribution in [3.8, 4) is 0 Å². The summed E-state index contributed by atoms with van der Waals surface area (Å²) in [6.45, 7) is 5.96. The third-order valence-corrected chi connectivity index (χ3v) is 4.68. The van der Waals surface area contributed by atoms with Crippen LogP contribution in [0.15, 0.2) is 28.7 Å². The van der Waals surface area contributed by atoms with Crippen molar-refractivity contribution in [2.75, 3.05) is 0 Å². The molecule has 1 atom stereocenters. The smallest absolute Gasteiger partial charge is 0.254 e. The average molecular weight is 356 g/mol.